The predicted octanol–water partition coefficient (Wildman–Crippen LogP) is 5.70. The summed E-state index contributed by atoms with van der Waals surface area (Å²) < 4.78 is 5.97. The Morgan fingerprint density at radius 1 is 1.02 bits per heavy atom. The number of carboxylic acid groups (broad SMARTS) is 1. The third-order valence-electron chi connectivity index (χ3n) is 7.55. The first-order chi connectivity index (χ1) is 19.1. The fraction of sp³-hybridized carbons (Fsp3) is 0.533. The van der Waals surface area contributed by atoms with E-state index in [1.54, 1.807) is 48.8 Å². The lowest BCUT2D eigenvalue weighted by Gasteiger charge is -2.35. The van der Waals surface area contributed by atoms with E-state index in [1.165, 1.54) is 49.4 Å². The van der Waals surface area contributed by atoms with Crippen molar-refractivity contribution in [2.24, 2.45) is 5.92 Å². The van der Waals surface area contributed by atoms with Gasteiger partial charge in [0, 0.05) is 37.3 Å². The van der Waals surface area contributed by atoms with Crippen molar-refractivity contribution in [1.82, 2.24) is 14.8 Å². The minimum absolute atomic E-state index is 0.0781. The number of nitrogens with one attached hydrogen (secondary N) is 1. The third kappa shape index (κ3) is 7.64. The van der Waals surface area contributed by atoms with E-state index in [2.05, 4.69) is 10.3 Å². The summed E-state index contributed by atoms with van der Waals surface area (Å²) in [6, 6.07) is 8.61. The quantitative estimate of drug-likeness (QED) is 0.456. The van der Waals surface area contributed by atoms with Gasteiger partial charge in [-0.15, -0.1) is 0 Å². The molecule has 216 valence electrons. The lowest BCUT2D eigenvalue weighted by Crippen LogP contribution is -2.51. The van der Waals surface area contributed by atoms with Crippen LogP contribution >= 0.6 is 0 Å². The summed E-state index contributed by atoms with van der Waals surface area (Å²) in [7, 11) is 0. The van der Waals surface area contributed by atoms with Crippen molar-refractivity contribution in [2.75, 3.05) is 43.0 Å². The first kappa shape index (κ1) is 29.2. The van der Waals surface area contributed by atoms with Crippen LogP contribution in [0.5, 0.6) is 5.75 Å². The van der Waals surface area contributed by atoms with Crippen molar-refractivity contribution in [3.8, 4) is 5.75 Å². The van der Waals surface area contributed by atoms with Gasteiger partial charge in [-0.25, -0.2) is 9.59 Å². The molecule has 0 unspecified atom stereocenters. The molecule has 2 heterocycles. The van der Waals surface area contributed by atoms with Crippen molar-refractivity contribution >= 4 is 29.4 Å². The van der Waals surface area contributed by atoms with Crippen LogP contribution in [0, 0.1) is 5.92 Å². The van der Waals surface area contributed by atoms with Crippen molar-refractivity contribution in [3.05, 3.63) is 48.3 Å². The average molecular weight is 552 g/mol. The molecule has 2 N–H and O–H groups in total. The van der Waals surface area contributed by atoms with Gasteiger partial charge >= 0.3 is 12.1 Å². The number of carbonyl (C=O) groups is 3. The highest BCUT2D eigenvalue weighted by Gasteiger charge is 2.29. The smallest absolute Gasteiger partial charge is 0.412 e. The van der Waals surface area contributed by atoms with Gasteiger partial charge in [0.15, 0.2) is 0 Å². The van der Waals surface area contributed by atoms with Gasteiger partial charge in [0.2, 0.25) is 0 Å². The van der Waals surface area contributed by atoms with Gasteiger partial charge in [-0.3, -0.25) is 14.7 Å². The summed E-state index contributed by atoms with van der Waals surface area (Å²) in [5.41, 5.74) is 0.669. The normalized spacial score (nSPS) is 16.4. The fourth-order valence-corrected chi connectivity index (χ4v) is 5.44. The largest absolute Gasteiger partial charge is 0.494 e. The summed E-state index contributed by atoms with van der Waals surface area (Å²) in [4.78, 5) is 46.6. The number of ether oxygens (including phenoxy) is 1. The number of hydrogen-bond donors (Lipinski definition) is 2. The third-order valence-corrected chi connectivity index (χ3v) is 7.55. The van der Waals surface area contributed by atoms with Gasteiger partial charge in [0.1, 0.15) is 5.75 Å². The molecule has 10 heteroatoms. The molecule has 10 nitrogen and oxygen atoms in total. The van der Waals surface area contributed by atoms with Crippen molar-refractivity contribution in [3.63, 3.8) is 0 Å². The van der Waals surface area contributed by atoms with Gasteiger partial charge in [-0.2, -0.15) is 0 Å². The second-order valence-electron chi connectivity index (χ2n) is 11.6. The molecule has 0 spiro atoms. The number of hydrogen-bond acceptors (Lipinski definition) is 5. The second-order valence-corrected chi connectivity index (χ2v) is 11.6. The van der Waals surface area contributed by atoms with Crippen LogP contribution < -0.4 is 15.0 Å². The zero-order valence-corrected chi connectivity index (χ0v) is 23.8. The molecule has 1 aromatic heterocycles. The van der Waals surface area contributed by atoms with E-state index in [0.29, 0.717) is 55.5 Å². The summed E-state index contributed by atoms with van der Waals surface area (Å²) in [5.74, 6) is 1.38. The number of anilines is 2. The molecule has 1 saturated carbocycles. The number of rotatable bonds is 7. The van der Waals surface area contributed by atoms with Crippen molar-refractivity contribution < 1.29 is 24.2 Å². The van der Waals surface area contributed by atoms with E-state index < -0.39 is 11.6 Å². The Balaban J connectivity index is 1.28. The molecule has 0 bridgehead atoms. The first-order valence-corrected chi connectivity index (χ1v) is 14.2. The monoisotopic (exact) mass is 551 g/mol. The molecule has 0 atom stereocenters. The SMILES string of the molecule is CC(C)(C)N(C(=O)O)c1cncc(NC(=O)N2CCN(C(=O)c3cccc(OCCC4CCCCC4)c3)CC2)c1. The van der Waals surface area contributed by atoms with Gasteiger partial charge in [-0.1, -0.05) is 38.2 Å². The number of amides is 4. The number of benzene rings is 1. The Bertz CT molecular complexity index is 1180. The number of pyridine rings is 1. The van der Waals surface area contributed by atoms with Crippen LogP contribution in [0.1, 0.15) is 69.7 Å². The van der Waals surface area contributed by atoms with Gasteiger partial charge < -0.3 is 25.0 Å². The zero-order chi connectivity index (χ0) is 28.7. The lowest BCUT2D eigenvalue weighted by atomic mass is 9.87. The van der Waals surface area contributed by atoms with E-state index in [0.717, 1.165) is 12.3 Å². The minimum Gasteiger partial charge on any atom is -0.494 e. The van der Waals surface area contributed by atoms with Crippen molar-refractivity contribution in [1.29, 1.82) is 0 Å². The fourth-order valence-electron chi connectivity index (χ4n) is 5.44. The topological polar surface area (TPSA) is 115 Å². The number of urea groups is 1. The summed E-state index contributed by atoms with van der Waals surface area (Å²) >= 11 is 0. The van der Waals surface area contributed by atoms with E-state index in [4.69, 9.17) is 4.74 Å². The summed E-state index contributed by atoms with van der Waals surface area (Å²) in [6.45, 7) is 7.61. The highest BCUT2D eigenvalue weighted by atomic mass is 16.5. The molecular weight excluding hydrogens is 510 g/mol. The highest BCUT2D eigenvalue weighted by Crippen LogP contribution is 2.27. The number of piperazine rings is 1. The lowest BCUT2D eigenvalue weighted by molar-refractivity contribution is 0.0671. The molecule has 1 aliphatic carbocycles. The molecule has 4 amide bonds. The standard InChI is InChI=1S/C30H41N5O5/c1-30(2,3)35(29(38)39)25-19-24(20-31-21-25)32-28(37)34-15-13-33(14-16-34)27(36)23-10-7-11-26(18-23)40-17-12-22-8-5-4-6-9-22/h7,10-11,18-22H,4-6,8-9,12-17H2,1-3H3,(H,32,37)(H,38,39). The maximum absolute atomic E-state index is 13.2. The van der Waals surface area contributed by atoms with E-state index in [-0.39, 0.29) is 11.9 Å². The molecular formula is C30H41N5O5. The molecule has 0 radical (unpaired) electrons. The van der Waals surface area contributed by atoms with Crippen LogP contribution in [0.25, 0.3) is 0 Å². The van der Waals surface area contributed by atoms with Crippen LogP contribution in [-0.2, 0) is 0 Å². The van der Waals surface area contributed by atoms with Crippen LogP contribution in [0.3, 0.4) is 0 Å². The Morgan fingerprint density at radius 3 is 2.40 bits per heavy atom. The second kappa shape index (κ2) is 13.0. The van der Waals surface area contributed by atoms with Crippen LogP contribution in [-0.4, -0.2) is 76.2 Å². The molecule has 40 heavy (non-hydrogen) atoms. The molecule has 2 aromatic rings. The van der Waals surface area contributed by atoms with E-state index in [9.17, 15) is 19.5 Å². The van der Waals surface area contributed by atoms with Crippen LogP contribution in [0.15, 0.2) is 42.7 Å². The molecule has 1 aliphatic heterocycles. The van der Waals surface area contributed by atoms with E-state index in [1.807, 2.05) is 12.1 Å². The molecule has 1 aromatic carbocycles. The molecule has 4 rings (SSSR count). The molecule has 2 aliphatic rings. The number of nitrogens with zero attached hydrogens (tertiary/aromatic N) is 4. The number of aromatic nitrogens is 1. The van der Waals surface area contributed by atoms with E-state index >= 15 is 0 Å². The first-order valence-electron chi connectivity index (χ1n) is 14.2. The summed E-state index contributed by atoms with van der Waals surface area (Å²) in [5, 5.41) is 12.5. The molecule has 1 saturated heterocycles. The average Bonchev–Trinajstić information content (AvgIpc) is 2.93. The van der Waals surface area contributed by atoms with Gasteiger partial charge in [0.05, 0.1) is 30.4 Å². The summed E-state index contributed by atoms with van der Waals surface area (Å²) in [6.07, 6.45) is 9.44. The van der Waals surface area contributed by atoms with Gasteiger partial charge in [-0.05, 0) is 57.4 Å². The maximum atomic E-state index is 13.2. The zero-order valence-electron chi connectivity index (χ0n) is 23.8. The molecule has 2 fully saturated rings. The Morgan fingerprint density at radius 2 is 1.73 bits per heavy atom. The maximum Gasteiger partial charge on any atom is 0.412 e. The van der Waals surface area contributed by atoms with Crippen LogP contribution in [0.2, 0.25) is 0 Å². The van der Waals surface area contributed by atoms with Gasteiger partial charge in [0.25, 0.3) is 5.91 Å². The Kier molecular flexibility index (Phi) is 9.50. The highest BCUT2D eigenvalue weighted by molar-refractivity contribution is 5.95. The Hall–Kier alpha value is -3.82. The predicted molar refractivity (Wildman–Crippen MR) is 154 cm³/mol. The number of carbonyl (C=O) groups excluding carboxylic acids is 2. The minimum atomic E-state index is -1.10. The van der Waals surface area contributed by atoms with Crippen molar-refractivity contribution in [2.45, 2.75) is 64.8 Å². The Labute approximate surface area is 236 Å². The van der Waals surface area contributed by atoms with Crippen LogP contribution in [0.4, 0.5) is 21.0 Å².